The normalized spacial score (nSPS) is 7.71. The van der Waals surface area contributed by atoms with Crippen LogP contribution in [0.15, 0.2) is 12.2 Å². The Morgan fingerprint density at radius 1 is 1.71 bits per heavy atom. The lowest BCUT2D eigenvalue weighted by molar-refractivity contribution is -0.129. The van der Waals surface area contributed by atoms with Gasteiger partial charge in [-0.25, -0.2) is 0 Å². The number of carbonyl (C=O) groups is 1. The molecular formula is C4H6NO2. The maximum atomic E-state index is 9.99. The summed E-state index contributed by atoms with van der Waals surface area (Å²) in [7, 11) is 0. The van der Waals surface area contributed by atoms with E-state index >= 15 is 0 Å². The lowest BCUT2D eigenvalue weighted by Gasteiger charge is -1.87. The summed E-state index contributed by atoms with van der Waals surface area (Å²) in [5.41, 5.74) is 1.41. The van der Waals surface area contributed by atoms with E-state index in [-0.39, 0.29) is 5.57 Å². The van der Waals surface area contributed by atoms with E-state index in [2.05, 4.69) is 6.58 Å². The molecule has 3 nitrogen and oxygen atoms in total. The topological polar surface area (TPSA) is 49.0 Å². The van der Waals surface area contributed by atoms with Crippen molar-refractivity contribution in [1.29, 1.82) is 0 Å². The molecule has 0 rings (SSSR count). The minimum atomic E-state index is -0.653. The van der Waals surface area contributed by atoms with Crippen LogP contribution in [0.1, 0.15) is 6.92 Å². The van der Waals surface area contributed by atoms with Gasteiger partial charge in [0, 0.05) is 5.57 Å². The lowest BCUT2D eigenvalue weighted by Crippen LogP contribution is -2.16. The minimum Gasteiger partial charge on any atom is -0.267 e. The number of hydrogen-bond donors (Lipinski definition) is 1. The zero-order chi connectivity index (χ0) is 5.86. The van der Waals surface area contributed by atoms with E-state index in [1.807, 2.05) is 0 Å². The van der Waals surface area contributed by atoms with E-state index in [0.717, 1.165) is 0 Å². The first kappa shape index (κ1) is 6.17. The van der Waals surface area contributed by atoms with E-state index < -0.39 is 5.91 Å². The first-order valence-electron chi connectivity index (χ1n) is 1.76. The molecule has 0 heterocycles. The van der Waals surface area contributed by atoms with E-state index in [9.17, 15) is 10.0 Å². The highest BCUT2D eigenvalue weighted by molar-refractivity contribution is 5.91. The Labute approximate surface area is 41.6 Å². The van der Waals surface area contributed by atoms with Crippen molar-refractivity contribution in [1.82, 2.24) is 5.48 Å². The molecule has 0 unspecified atom stereocenters. The van der Waals surface area contributed by atoms with Crippen LogP contribution in [0.4, 0.5) is 0 Å². The molecule has 0 aliphatic heterocycles. The van der Waals surface area contributed by atoms with Crippen molar-refractivity contribution >= 4 is 5.91 Å². The largest absolute Gasteiger partial charge is 0.272 e. The molecule has 0 aliphatic carbocycles. The Morgan fingerprint density at radius 2 is 2.14 bits per heavy atom. The monoisotopic (exact) mass is 100 g/mol. The maximum absolute atomic E-state index is 9.99. The quantitative estimate of drug-likeness (QED) is 0.366. The summed E-state index contributed by atoms with van der Waals surface area (Å²) in [6, 6.07) is 0. The van der Waals surface area contributed by atoms with Gasteiger partial charge in [0.1, 0.15) is 0 Å². The molecule has 0 bridgehead atoms. The Morgan fingerprint density at radius 3 is 2.14 bits per heavy atom. The summed E-state index contributed by atoms with van der Waals surface area (Å²) in [5.74, 6) is -0.653. The summed E-state index contributed by atoms with van der Waals surface area (Å²) in [6.45, 7) is 4.68. The van der Waals surface area contributed by atoms with Gasteiger partial charge in [0.2, 0.25) is 0 Å². The molecule has 0 spiro atoms. The van der Waals surface area contributed by atoms with Gasteiger partial charge in [-0.05, 0) is 6.92 Å². The summed E-state index contributed by atoms with van der Waals surface area (Å²) in [4.78, 5) is 9.99. The molecule has 1 N–H and O–H groups in total. The van der Waals surface area contributed by atoms with Crippen LogP contribution in [0, 0.1) is 0 Å². The molecule has 0 saturated carbocycles. The second-order valence-corrected chi connectivity index (χ2v) is 1.21. The SMILES string of the molecule is C=C(C)C(=O)N[O]. The van der Waals surface area contributed by atoms with Gasteiger partial charge in [0.15, 0.2) is 0 Å². The smallest absolute Gasteiger partial charge is 0.267 e. The molecule has 0 saturated heterocycles. The van der Waals surface area contributed by atoms with Crippen LogP contribution in [-0.4, -0.2) is 5.91 Å². The van der Waals surface area contributed by atoms with Crippen LogP contribution < -0.4 is 5.48 Å². The van der Waals surface area contributed by atoms with Crippen LogP contribution in [0.3, 0.4) is 0 Å². The third-order valence-corrected chi connectivity index (χ3v) is 0.480. The molecule has 0 aromatic rings. The van der Waals surface area contributed by atoms with Crippen LogP contribution in [0.25, 0.3) is 0 Å². The minimum absolute atomic E-state index is 0.231. The molecule has 0 fully saturated rings. The Bertz CT molecular complexity index is 97.9. The Hall–Kier alpha value is -0.830. The molecule has 1 amide bonds. The van der Waals surface area contributed by atoms with Crippen molar-refractivity contribution < 1.29 is 10.0 Å². The summed E-state index contributed by atoms with van der Waals surface area (Å²) in [6.07, 6.45) is 0. The van der Waals surface area contributed by atoms with Crippen LogP contribution >= 0.6 is 0 Å². The fourth-order valence-electron chi connectivity index (χ4n) is 0.0871. The van der Waals surface area contributed by atoms with E-state index in [1.165, 1.54) is 12.4 Å². The number of nitrogens with one attached hydrogen (secondary N) is 1. The molecule has 0 aromatic carbocycles. The summed E-state index contributed by atoms with van der Waals surface area (Å²) in [5, 5.41) is 9.41. The highest BCUT2D eigenvalue weighted by Gasteiger charge is 1.95. The average Bonchev–Trinajstić information content (AvgIpc) is 1.65. The number of carbonyl (C=O) groups excluding carboxylic acids is 1. The van der Waals surface area contributed by atoms with E-state index in [0.29, 0.717) is 0 Å². The van der Waals surface area contributed by atoms with Gasteiger partial charge in [-0.1, -0.05) is 11.8 Å². The van der Waals surface area contributed by atoms with Crippen LogP contribution in [0.5, 0.6) is 0 Å². The van der Waals surface area contributed by atoms with Crippen molar-refractivity contribution in [3.63, 3.8) is 0 Å². The van der Waals surface area contributed by atoms with Crippen molar-refractivity contribution in [3.8, 4) is 0 Å². The Balaban J connectivity index is 3.58. The van der Waals surface area contributed by atoms with E-state index in [4.69, 9.17) is 0 Å². The van der Waals surface area contributed by atoms with Gasteiger partial charge < -0.3 is 0 Å². The first-order valence-corrected chi connectivity index (χ1v) is 1.76. The molecule has 0 atom stereocenters. The standard InChI is InChI=1S/C4H6NO2/c1-3(2)4(6)5-7/h1H2,2H3,(H,5,6). The molecule has 7 heavy (non-hydrogen) atoms. The molecule has 0 aromatic heterocycles. The number of amides is 1. The van der Waals surface area contributed by atoms with Crippen molar-refractivity contribution in [2.24, 2.45) is 0 Å². The number of rotatable bonds is 1. The lowest BCUT2D eigenvalue weighted by atomic mass is 10.3. The van der Waals surface area contributed by atoms with Crippen molar-refractivity contribution in [2.45, 2.75) is 6.92 Å². The van der Waals surface area contributed by atoms with Gasteiger partial charge >= 0.3 is 0 Å². The fraction of sp³-hybridized carbons (Fsp3) is 0.250. The second-order valence-electron chi connectivity index (χ2n) is 1.21. The molecule has 0 aliphatic rings. The zero-order valence-electron chi connectivity index (χ0n) is 4.02. The first-order chi connectivity index (χ1) is 3.18. The summed E-state index contributed by atoms with van der Waals surface area (Å²) >= 11 is 0. The predicted octanol–water partition coefficient (Wildman–Crippen LogP) is 0.0242. The average molecular weight is 100 g/mol. The highest BCUT2D eigenvalue weighted by atomic mass is 16.5. The van der Waals surface area contributed by atoms with Crippen LogP contribution in [0.2, 0.25) is 0 Å². The predicted molar refractivity (Wildman–Crippen MR) is 23.6 cm³/mol. The zero-order valence-corrected chi connectivity index (χ0v) is 4.02. The van der Waals surface area contributed by atoms with Crippen molar-refractivity contribution in [3.05, 3.63) is 12.2 Å². The molecule has 3 heteroatoms. The van der Waals surface area contributed by atoms with Gasteiger partial charge in [-0.15, -0.1) is 0 Å². The third-order valence-electron chi connectivity index (χ3n) is 0.480. The van der Waals surface area contributed by atoms with Crippen molar-refractivity contribution in [2.75, 3.05) is 0 Å². The van der Waals surface area contributed by atoms with Gasteiger partial charge in [-0.3, -0.25) is 4.79 Å². The highest BCUT2D eigenvalue weighted by Crippen LogP contribution is 1.81. The fourth-order valence-corrected chi connectivity index (χ4v) is 0.0871. The number of hydrogen-bond acceptors (Lipinski definition) is 1. The maximum Gasteiger partial charge on any atom is 0.272 e. The second kappa shape index (κ2) is 2.36. The van der Waals surface area contributed by atoms with E-state index in [1.54, 1.807) is 0 Å². The van der Waals surface area contributed by atoms with Gasteiger partial charge in [0.25, 0.3) is 5.91 Å². The third kappa shape index (κ3) is 1.94. The van der Waals surface area contributed by atoms with Gasteiger partial charge in [-0.2, -0.15) is 5.48 Å². The van der Waals surface area contributed by atoms with Crippen LogP contribution in [-0.2, 0) is 10.0 Å². The summed E-state index contributed by atoms with van der Waals surface area (Å²) < 4.78 is 0. The molecular weight excluding hydrogens is 94.0 g/mol. The number of hydroxylamine groups is 1. The Kier molecular flexibility index (Phi) is 2.08. The molecule has 39 valence electrons. The van der Waals surface area contributed by atoms with Gasteiger partial charge in [0.05, 0.1) is 0 Å². The molecule has 1 radical (unpaired) electrons.